The minimum absolute atomic E-state index is 0.385. The molecule has 0 aliphatic rings. The fourth-order valence-corrected chi connectivity index (χ4v) is 2.58. The summed E-state index contributed by atoms with van der Waals surface area (Å²) in [5.74, 6) is 0. The Labute approximate surface area is 112 Å². The van der Waals surface area contributed by atoms with E-state index in [1.54, 1.807) is 0 Å². The first-order chi connectivity index (χ1) is 8.65. The second-order valence-corrected chi connectivity index (χ2v) is 5.27. The van der Waals surface area contributed by atoms with E-state index in [4.69, 9.17) is 0 Å². The van der Waals surface area contributed by atoms with Gasteiger partial charge in [-0.3, -0.25) is 4.98 Å². The third-order valence-electron chi connectivity index (χ3n) is 3.86. The molecule has 3 heteroatoms. The molecule has 1 rings (SSSR count). The summed E-state index contributed by atoms with van der Waals surface area (Å²) in [5, 5.41) is 3.34. The molecule has 1 N–H and O–H groups in total. The van der Waals surface area contributed by atoms with Crippen LogP contribution in [0.3, 0.4) is 0 Å². The molecule has 0 aromatic carbocycles. The molecule has 0 amide bonds. The fourth-order valence-electron chi connectivity index (χ4n) is 2.58. The maximum atomic E-state index is 4.06. The maximum Gasteiger partial charge on any atom is 0.0271 e. The number of hydrogen-bond donors (Lipinski definition) is 1. The monoisotopic (exact) mass is 249 g/mol. The van der Waals surface area contributed by atoms with Crippen molar-refractivity contribution in [3.05, 3.63) is 30.1 Å². The largest absolute Gasteiger partial charge is 0.319 e. The maximum absolute atomic E-state index is 4.06. The average Bonchev–Trinajstić information content (AvgIpc) is 2.39. The Morgan fingerprint density at radius 1 is 1.22 bits per heavy atom. The predicted octanol–water partition coefficient (Wildman–Crippen LogP) is 2.54. The first-order valence-corrected chi connectivity index (χ1v) is 6.88. The molecule has 0 aliphatic heterocycles. The average molecular weight is 249 g/mol. The molecule has 0 fully saturated rings. The van der Waals surface area contributed by atoms with Crippen molar-refractivity contribution in [1.29, 1.82) is 0 Å². The van der Waals surface area contributed by atoms with Gasteiger partial charge >= 0.3 is 0 Å². The Morgan fingerprint density at radius 3 is 2.33 bits per heavy atom. The van der Waals surface area contributed by atoms with Crippen LogP contribution in [0, 0.1) is 5.41 Å². The number of hydrogen-bond acceptors (Lipinski definition) is 3. The summed E-state index contributed by atoms with van der Waals surface area (Å²) in [6.45, 7) is 7.79. The highest BCUT2D eigenvalue weighted by molar-refractivity contribution is 5.09. The molecular formula is C15H27N3. The van der Waals surface area contributed by atoms with Gasteiger partial charge in [0.1, 0.15) is 0 Å². The van der Waals surface area contributed by atoms with Crippen LogP contribution in [-0.2, 0) is 6.54 Å². The molecule has 0 radical (unpaired) electrons. The van der Waals surface area contributed by atoms with Crippen molar-refractivity contribution in [1.82, 2.24) is 15.2 Å². The van der Waals surface area contributed by atoms with E-state index in [0.29, 0.717) is 5.41 Å². The van der Waals surface area contributed by atoms with E-state index in [1.165, 1.54) is 18.4 Å². The smallest absolute Gasteiger partial charge is 0.0271 e. The van der Waals surface area contributed by atoms with Gasteiger partial charge in [-0.15, -0.1) is 0 Å². The highest BCUT2D eigenvalue weighted by Gasteiger charge is 2.26. The van der Waals surface area contributed by atoms with Crippen molar-refractivity contribution < 1.29 is 0 Å². The zero-order valence-corrected chi connectivity index (χ0v) is 12.2. The Balaban J connectivity index is 2.58. The predicted molar refractivity (Wildman–Crippen MR) is 77.5 cm³/mol. The van der Waals surface area contributed by atoms with Crippen molar-refractivity contribution in [2.75, 3.05) is 27.2 Å². The molecule has 102 valence electrons. The van der Waals surface area contributed by atoms with E-state index in [1.807, 2.05) is 19.4 Å². The van der Waals surface area contributed by atoms with E-state index in [2.05, 4.69) is 48.2 Å². The quantitative estimate of drug-likeness (QED) is 0.767. The van der Waals surface area contributed by atoms with Crippen LogP contribution in [0.2, 0.25) is 0 Å². The van der Waals surface area contributed by atoms with Crippen LogP contribution in [0.5, 0.6) is 0 Å². The summed E-state index contributed by atoms with van der Waals surface area (Å²) in [5.41, 5.74) is 1.72. The van der Waals surface area contributed by atoms with Crippen molar-refractivity contribution in [3.8, 4) is 0 Å². The normalized spacial score (nSPS) is 12.1. The fraction of sp³-hybridized carbons (Fsp3) is 0.667. The first-order valence-electron chi connectivity index (χ1n) is 6.88. The highest BCUT2D eigenvalue weighted by Crippen LogP contribution is 2.26. The molecule has 0 spiro atoms. The lowest BCUT2D eigenvalue weighted by molar-refractivity contribution is 0.153. The first kappa shape index (κ1) is 15.1. The lowest BCUT2D eigenvalue weighted by Crippen LogP contribution is -2.41. The van der Waals surface area contributed by atoms with Gasteiger partial charge < -0.3 is 10.2 Å². The van der Waals surface area contributed by atoms with E-state index in [0.717, 1.165) is 19.6 Å². The van der Waals surface area contributed by atoms with Crippen molar-refractivity contribution in [2.24, 2.45) is 5.41 Å². The number of nitrogens with zero attached hydrogens (tertiary/aromatic N) is 2. The second kappa shape index (κ2) is 7.49. The SMILES string of the molecule is CCC(CC)(CNC)CN(C)Cc1ccncc1. The number of pyridine rings is 1. The lowest BCUT2D eigenvalue weighted by atomic mass is 9.81. The third-order valence-corrected chi connectivity index (χ3v) is 3.86. The molecule has 0 saturated heterocycles. The van der Waals surface area contributed by atoms with Gasteiger partial charge in [0.05, 0.1) is 0 Å². The van der Waals surface area contributed by atoms with Crippen molar-refractivity contribution in [3.63, 3.8) is 0 Å². The highest BCUT2D eigenvalue weighted by atomic mass is 15.1. The molecule has 18 heavy (non-hydrogen) atoms. The van der Waals surface area contributed by atoms with E-state index in [9.17, 15) is 0 Å². The molecule has 0 unspecified atom stereocenters. The zero-order chi connectivity index (χ0) is 13.4. The summed E-state index contributed by atoms with van der Waals surface area (Å²) in [6.07, 6.45) is 6.16. The molecule has 1 aromatic heterocycles. The standard InChI is InChI=1S/C15H27N3/c1-5-15(6-2,12-16-3)13-18(4)11-14-7-9-17-10-8-14/h7-10,16H,5-6,11-13H2,1-4H3. The van der Waals surface area contributed by atoms with Crippen molar-refractivity contribution in [2.45, 2.75) is 33.2 Å². The summed E-state index contributed by atoms with van der Waals surface area (Å²) in [4.78, 5) is 6.48. The minimum atomic E-state index is 0.385. The summed E-state index contributed by atoms with van der Waals surface area (Å²) >= 11 is 0. The summed E-state index contributed by atoms with van der Waals surface area (Å²) in [7, 11) is 4.25. The van der Waals surface area contributed by atoms with Crippen LogP contribution in [0.1, 0.15) is 32.3 Å². The molecule has 1 heterocycles. The molecule has 0 aliphatic carbocycles. The van der Waals surface area contributed by atoms with Gasteiger partial charge in [-0.25, -0.2) is 0 Å². The third kappa shape index (κ3) is 4.39. The van der Waals surface area contributed by atoms with Gasteiger partial charge in [-0.1, -0.05) is 13.8 Å². The van der Waals surface area contributed by atoms with Gasteiger partial charge in [0, 0.05) is 32.0 Å². The molecule has 3 nitrogen and oxygen atoms in total. The Kier molecular flexibility index (Phi) is 6.30. The Morgan fingerprint density at radius 2 is 1.83 bits per heavy atom. The van der Waals surface area contributed by atoms with Crippen LogP contribution in [0.4, 0.5) is 0 Å². The van der Waals surface area contributed by atoms with Gasteiger partial charge in [0.25, 0.3) is 0 Å². The number of aromatic nitrogens is 1. The van der Waals surface area contributed by atoms with Crippen LogP contribution in [-0.4, -0.2) is 37.1 Å². The van der Waals surface area contributed by atoms with Crippen LogP contribution >= 0.6 is 0 Å². The topological polar surface area (TPSA) is 28.2 Å². The molecular weight excluding hydrogens is 222 g/mol. The number of rotatable bonds is 8. The van der Waals surface area contributed by atoms with Gasteiger partial charge in [-0.2, -0.15) is 0 Å². The van der Waals surface area contributed by atoms with E-state index >= 15 is 0 Å². The zero-order valence-electron chi connectivity index (χ0n) is 12.2. The Hall–Kier alpha value is -0.930. The van der Waals surface area contributed by atoms with Gasteiger partial charge in [0.2, 0.25) is 0 Å². The van der Waals surface area contributed by atoms with Gasteiger partial charge in [0.15, 0.2) is 0 Å². The lowest BCUT2D eigenvalue weighted by Gasteiger charge is -2.35. The van der Waals surface area contributed by atoms with Crippen LogP contribution in [0.25, 0.3) is 0 Å². The second-order valence-electron chi connectivity index (χ2n) is 5.27. The van der Waals surface area contributed by atoms with Gasteiger partial charge in [-0.05, 0) is 50.0 Å². The molecule has 0 atom stereocenters. The van der Waals surface area contributed by atoms with E-state index in [-0.39, 0.29) is 0 Å². The summed E-state index contributed by atoms with van der Waals surface area (Å²) < 4.78 is 0. The molecule has 1 aromatic rings. The molecule has 0 bridgehead atoms. The Bertz CT molecular complexity index is 320. The molecule has 0 saturated carbocycles. The van der Waals surface area contributed by atoms with Crippen molar-refractivity contribution >= 4 is 0 Å². The summed E-state index contributed by atoms with van der Waals surface area (Å²) in [6, 6.07) is 4.18. The number of nitrogens with one attached hydrogen (secondary N) is 1. The van der Waals surface area contributed by atoms with Crippen LogP contribution in [0.15, 0.2) is 24.5 Å². The van der Waals surface area contributed by atoms with Crippen LogP contribution < -0.4 is 5.32 Å². The minimum Gasteiger partial charge on any atom is -0.319 e. The van der Waals surface area contributed by atoms with E-state index < -0.39 is 0 Å².